The van der Waals surface area contributed by atoms with Crippen molar-refractivity contribution in [1.29, 1.82) is 5.26 Å². The van der Waals surface area contributed by atoms with E-state index in [1.165, 1.54) is 4.90 Å². The molecule has 0 radical (unpaired) electrons. The molecule has 0 aromatic heterocycles. The number of carbonyl (C=O) groups is 2. The van der Waals surface area contributed by atoms with Crippen LogP contribution < -0.4 is 9.80 Å². The van der Waals surface area contributed by atoms with Crippen LogP contribution in [0.3, 0.4) is 0 Å². The van der Waals surface area contributed by atoms with Crippen LogP contribution in [0.5, 0.6) is 0 Å². The second-order valence-corrected chi connectivity index (χ2v) is 5.43. The molecular formula is C18H15N3O2. The number of carbonyl (C=O) groups excluding carboxylic acids is 2. The summed E-state index contributed by atoms with van der Waals surface area (Å²) in [5.74, 6) is -0.665. The lowest BCUT2D eigenvalue weighted by Crippen LogP contribution is -2.39. The van der Waals surface area contributed by atoms with Crippen LogP contribution in [-0.4, -0.2) is 17.9 Å². The van der Waals surface area contributed by atoms with Gasteiger partial charge in [-0.2, -0.15) is 5.26 Å². The zero-order valence-electron chi connectivity index (χ0n) is 12.6. The molecule has 1 aliphatic heterocycles. The number of nitriles is 1. The molecule has 1 fully saturated rings. The highest BCUT2D eigenvalue weighted by molar-refractivity contribution is 6.23. The number of imide groups is 1. The van der Waals surface area contributed by atoms with E-state index in [4.69, 9.17) is 0 Å². The lowest BCUT2D eigenvalue weighted by atomic mass is 10.1. The van der Waals surface area contributed by atoms with Crippen LogP contribution in [0, 0.1) is 18.4 Å². The smallest absolute Gasteiger partial charge is 0.258 e. The zero-order valence-corrected chi connectivity index (χ0v) is 12.6. The van der Waals surface area contributed by atoms with E-state index in [0.717, 1.165) is 10.5 Å². The van der Waals surface area contributed by atoms with Crippen molar-refractivity contribution in [3.63, 3.8) is 0 Å². The van der Waals surface area contributed by atoms with Gasteiger partial charge in [0.15, 0.2) is 6.19 Å². The molecule has 2 aromatic carbocycles. The molecule has 0 bridgehead atoms. The minimum absolute atomic E-state index is 0.00480. The van der Waals surface area contributed by atoms with E-state index in [9.17, 15) is 14.9 Å². The fourth-order valence-corrected chi connectivity index (χ4v) is 2.68. The maximum Gasteiger partial charge on any atom is 0.258 e. The summed E-state index contributed by atoms with van der Waals surface area (Å²) in [6.45, 7) is 1.95. The molecule has 2 amide bonds. The Morgan fingerprint density at radius 2 is 1.74 bits per heavy atom. The molecule has 114 valence electrons. The van der Waals surface area contributed by atoms with Crippen LogP contribution in [0.25, 0.3) is 0 Å². The van der Waals surface area contributed by atoms with Gasteiger partial charge in [0.25, 0.3) is 5.91 Å². The molecule has 1 aliphatic rings. The van der Waals surface area contributed by atoms with E-state index in [1.54, 1.807) is 36.4 Å². The summed E-state index contributed by atoms with van der Waals surface area (Å²) in [4.78, 5) is 27.4. The molecule has 0 N–H and O–H groups in total. The quantitative estimate of drug-likeness (QED) is 0.497. The van der Waals surface area contributed by atoms with E-state index in [2.05, 4.69) is 0 Å². The fourth-order valence-electron chi connectivity index (χ4n) is 2.68. The summed E-state index contributed by atoms with van der Waals surface area (Å²) < 4.78 is 0. The van der Waals surface area contributed by atoms with Crippen LogP contribution in [0.15, 0.2) is 54.6 Å². The second kappa shape index (κ2) is 5.93. The molecule has 1 saturated heterocycles. The Morgan fingerprint density at radius 1 is 1.09 bits per heavy atom. The Kier molecular flexibility index (Phi) is 3.82. The minimum Gasteiger partial charge on any atom is -0.274 e. The fraction of sp³-hybridized carbons (Fsp3) is 0.167. The lowest BCUT2D eigenvalue weighted by Gasteiger charge is -2.22. The minimum atomic E-state index is -0.796. The predicted octanol–water partition coefficient (Wildman–Crippen LogP) is 2.61. The van der Waals surface area contributed by atoms with Crippen molar-refractivity contribution in [2.45, 2.75) is 19.4 Å². The van der Waals surface area contributed by atoms with Crippen molar-refractivity contribution >= 4 is 23.2 Å². The van der Waals surface area contributed by atoms with Gasteiger partial charge in [0.1, 0.15) is 6.04 Å². The maximum atomic E-state index is 12.7. The van der Waals surface area contributed by atoms with Crippen molar-refractivity contribution in [3.05, 3.63) is 60.2 Å². The molecule has 1 atom stereocenters. The highest BCUT2D eigenvalue weighted by atomic mass is 16.2. The number of hydrogen-bond donors (Lipinski definition) is 0. The molecule has 3 rings (SSSR count). The number of nitrogens with zero attached hydrogens (tertiary/aromatic N) is 3. The Labute approximate surface area is 134 Å². The largest absolute Gasteiger partial charge is 0.274 e. The summed E-state index contributed by atoms with van der Waals surface area (Å²) in [7, 11) is 0. The van der Waals surface area contributed by atoms with Crippen molar-refractivity contribution in [2.24, 2.45) is 0 Å². The highest BCUT2D eigenvalue weighted by Crippen LogP contribution is 2.28. The molecule has 2 aromatic rings. The molecule has 1 heterocycles. The van der Waals surface area contributed by atoms with Gasteiger partial charge in [-0.15, -0.1) is 0 Å². The first-order chi connectivity index (χ1) is 11.1. The number of hydrogen-bond acceptors (Lipinski definition) is 4. The topological polar surface area (TPSA) is 64.4 Å². The third-order valence-corrected chi connectivity index (χ3v) is 3.87. The van der Waals surface area contributed by atoms with Crippen molar-refractivity contribution in [2.75, 3.05) is 9.80 Å². The lowest BCUT2D eigenvalue weighted by molar-refractivity contribution is -0.121. The van der Waals surface area contributed by atoms with Gasteiger partial charge in [-0.25, -0.2) is 4.90 Å². The number of amides is 2. The van der Waals surface area contributed by atoms with Crippen LogP contribution in [0.1, 0.15) is 12.0 Å². The molecule has 0 aliphatic carbocycles. The summed E-state index contributed by atoms with van der Waals surface area (Å²) in [6.07, 6.45) is 2.03. The number of aryl methyl sites for hydroxylation is 1. The Hall–Kier alpha value is -3.13. The van der Waals surface area contributed by atoms with Crippen LogP contribution in [0.4, 0.5) is 11.4 Å². The van der Waals surface area contributed by atoms with E-state index in [0.29, 0.717) is 11.4 Å². The molecule has 23 heavy (non-hydrogen) atoms. The highest BCUT2D eigenvalue weighted by Gasteiger charge is 2.43. The van der Waals surface area contributed by atoms with Gasteiger partial charge in [-0.1, -0.05) is 35.9 Å². The van der Waals surface area contributed by atoms with Gasteiger partial charge in [-0.05, 0) is 31.2 Å². The molecule has 0 spiro atoms. The SMILES string of the molecule is Cc1ccc(N(C#N)C2CC(=O)N(c3ccccc3)C2=O)cc1. The van der Waals surface area contributed by atoms with Gasteiger partial charge in [0.05, 0.1) is 17.8 Å². The molecular weight excluding hydrogens is 290 g/mol. The van der Waals surface area contributed by atoms with Crippen molar-refractivity contribution < 1.29 is 9.59 Å². The number of anilines is 2. The van der Waals surface area contributed by atoms with Crippen LogP contribution >= 0.6 is 0 Å². The average molecular weight is 305 g/mol. The number of para-hydroxylation sites is 1. The molecule has 0 saturated carbocycles. The number of benzene rings is 2. The first kappa shape index (κ1) is 14.8. The van der Waals surface area contributed by atoms with E-state index in [1.807, 2.05) is 31.3 Å². The summed E-state index contributed by atoms with van der Waals surface area (Å²) in [5, 5.41) is 9.46. The predicted molar refractivity (Wildman–Crippen MR) is 86.6 cm³/mol. The summed E-state index contributed by atoms with van der Waals surface area (Å²) >= 11 is 0. The standard InChI is InChI=1S/C18H15N3O2/c1-13-7-9-14(10-8-13)20(12-19)16-11-17(22)21(18(16)23)15-5-3-2-4-6-15/h2-10,16H,11H2,1H3. The first-order valence-electron chi connectivity index (χ1n) is 7.29. The number of rotatable bonds is 3. The van der Waals surface area contributed by atoms with Crippen LogP contribution in [-0.2, 0) is 9.59 Å². The van der Waals surface area contributed by atoms with Gasteiger partial charge < -0.3 is 0 Å². The first-order valence-corrected chi connectivity index (χ1v) is 7.29. The third kappa shape index (κ3) is 2.67. The van der Waals surface area contributed by atoms with Gasteiger partial charge in [0, 0.05) is 0 Å². The Balaban J connectivity index is 1.92. The van der Waals surface area contributed by atoms with Crippen molar-refractivity contribution in [3.8, 4) is 6.19 Å². The van der Waals surface area contributed by atoms with E-state index < -0.39 is 6.04 Å². The average Bonchev–Trinajstić information content (AvgIpc) is 2.85. The zero-order chi connectivity index (χ0) is 16.4. The molecule has 1 unspecified atom stereocenters. The molecule has 5 nitrogen and oxygen atoms in total. The van der Waals surface area contributed by atoms with Crippen LogP contribution in [0.2, 0.25) is 0 Å². The second-order valence-electron chi connectivity index (χ2n) is 5.43. The summed E-state index contributed by atoms with van der Waals surface area (Å²) in [5.41, 5.74) is 2.21. The Morgan fingerprint density at radius 3 is 2.35 bits per heavy atom. The van der Waals surface area contributed by atoms with Gasteiger partial charge in [0.2, 0.25) is 5.91 Å². The maximum absolute atomic E-state index is 12.7. The van der Waals surface area contributed by atoms with Gasteiger partial charge in [-0.3, -0.25) is 14.5 Å². The summed E-state index contributed by atoms with van der Waals surface area (Å²) in [6, 6.07) is 15.3. The monoisotopic (exact) mass is 305 g/mol. The van der Waals surface area contributed by atoms with Gasteiger partial charge >= 0.3 is 0 Å². The van der Waals surface area contributed by atoms with E-state index in [-0.39, 0.29) is 18.2 Å². The molecule has 5 heteroatoms. The third-order valence-electron chi connectivity index (χ3n) is 3.87. The van der Waals surface area contributed by atoms with Crippen molar-refractivity contribution in [1.82, 2.24) is 0 Å². The normalized spacial score (nSPS) is 17.2. The van der Waals surface area contributed by atoms with E-state index >= 15 is 0 Å². The Bertz CT molecular complexity index is 778.